The Morgan fingerprint density at radius 1 is 1.31 bits per heavy atom. The van der Waals surface area contributed by atoms with Crippen molar-refractivity contribution in [3.05, 3.63) is 57.9 Å². The molecule has 0 aliphatic carbocycles. The number of hydrogen-bond acceptors (Lipinski definition) is 5. The largest absolute Gasteiger partial charge is 0.494 e. The third-order valence-corrected chi connectivity index (χ3v) is 3.64. The van der Waals surface area contributed by atoms with Gasteiger partial charge in [-0.1, -0.05) is 19.1 Å². The van der Waals surface area contributed by atoms with E-state index in [0.717, 1.165) is 18.1 Å². The first kappa shape index (κ1) is 19.2. The lowest BCUT2D eigenvalue weighted by Crippen LogP contribution is -2.11. The van der Waals surface area contributed by atoms with E-state index in [-0.39, 0.29) is 29.6 Å². The number of amides is 1. The summed E-state index contributed by atoms with van der Waals surface area (Å²) in [5.74, 6) is -0.958. The summed E-state index contributed by atoms with van der Waals surface area (Å²) in [4.78, 5) is 22.1. The average molecular weight is 361 g/mol. The summed E-state index contributed by atoms with van der Waals surface area (Å²) in [7, 11) is 1.29. The normalized spacial score (nSPS) is 10.3. The molecule has 2 N–H and O–H groups in total. The van der Waals surface area contributed by atoms with Crippen LogP contribution in [0.4, 0.5) is 21.5 Å². The summed E-state index contributed by atoms with van der Waals surface area (Å²) in [6.07, 6.45) is 1.19. The van der Waals surface area contributed by atoms with Crippen LogP contribution in [0.25, 0.3) is 0 Å². The molecular formula is C18H20FN3O4. The van der Waals surface area contributed by atoms with E-state index in [1.54, 1.807) is 18.2 Å². The summed E-state index contributed by atoms with van der Waals surface area (Å²) < 4.78 is 18.6. The van der Waals surface area contributed by atoms with E-state index in [4.69, 9.17) is 4.74 Å². The predicted molar refractivity (Wildman–Crippen MR) is 96.9 cm³/mol. The molecular weight excluding hydrogens is 341 g/mol. The highest BCUT2D eigenvalue weighted by molar-refractivity contribution is 5.90. The van der Waals surface area contributed by atoms with Gasteiger partial charge in [-0.25, -0.2) is 4.39 Å². The third-order valence-electron chi connectivity index (χ3n) is 3.64. The van der Waals surface area contributed by atoms with Gasteiger partial charge in [0.25, 0.3) is 5.69 Å². The Morgan fingerprint density at radius 2 is 2.08 bits per heavy atom. The molecule has 0 fully saturated rings. The number of nitro groups is 1. The molecule has 0 unspecified atom stereocenters. The molecule has 0 radical (unpaired) electrons. The number of anilines is 2. The van der Waals surface area contributed by atoms with Crippen LogP contribution >= 0.6 is 0 Å². The predicted octanol–water partition coefficient (Wildman–Crippen LogP) is 4.09. The first-order chi connectivity index (χ1) is 12.4. The number of hydrogen-bond donors (Lipinski definition) is 2. The molecule has 2 aromatic rings. The molecule has 0 saturated carbocycles. The molecule has 2 rings (SSSR count). The van der Waals surface area contributed by atoms with E-state index in [1.165, 1.54) is 13.2 Å². The zero-order chi connectivity index (χ0) is 19.1. The van der Waals surface area contributed by atoms with Gasteiger partial charge in [0, 0.05) is 24.7 Å². The van der Waals surface area contributed by atoms with Crippen LogP contribution in [0.1, 0.15) is 25.3 Å². The Hall–Kier alpha value is -3.16. The Labute approximate surface area is 150 Å². The van der Waals surface area contributed by atoms with Gasteiger partial charge in [0.05, 0.1) is 18.1 Å². The second-order valence-corrected chi connectivity index (χ2v) is 5.61. The summed E-state index contributed by atoms with van der Waals surface area (Å²) in [6.45, 7) is 2.18. The SMILES string of the molecule is CCCC(=O)Nc1cccc(CNc2cc(OC)c(F)cc2[N+](=O)[O-])c1. The molecule has 0 atom stereocenters. The maximum absolute atomic E-state index is 13.7. The molecule has 2 aromatic carbocycles. The molecule has 0 aliphatic heterocycles. The van der Waals surface area contributed by atoms with Crippen LogP contribution in [0.2, 0.25) is 0 Å². The molecule has 7 nitrogen and oxygen atoms in total. The first-order valence-electron chi connectivity index (χ1n) is 8.09. The van der Waals surface area contributed by atoms with Gasteiger partial charge in [-0.2, -0.15) is 0 Å². The molecule has 8 heteroatoms. The Bertz CT molecular complexity index is 811. The van der Waals surface area contributed by atoms with Gasteiger partial charge >= 0.3 is 0 Å². The minimum absolute atomic E-state index is 0.0727. The van der Waals surface area contributed by atoms with Crippen molar-refractivity contribution < 1.29 is 18.8 Å². The average Bonchev–Trinajstić information content (AvgIpc) is 2.60. The second-order valence-electron chi connectivity index (χ2n) is 5.61. The maximum Gasteiger partial charge on any atom is 0.295 e. The van der Waals surface area contributed by atoms with Gasteiger partial charge in [0.15, 0.2) is 11.6 Å². The highest BCUT2D eigenvalue weighted by atomic mass is 19.1. The van der Waals surface area contributed by atoms with Crippen molar-refractivity contribution in [1.82, 2.24) is 0 Å². The lowest BCUT2D eigenvalue weighted by molar-refractivity contribution is -0.384. The zero-order valence-electron chi connectivity index (χ0n) is 14.5. The summed E-state index contributed by atoms with van der Waals surface area (Å²) in [6, 6.07) is 9.20. The van der Waals surface area contributed by atoms with Crippen molar-refractivity contribution in [3.8, 4) is 5.75 Å². The molecule has 0 saturated heterocycles. The molecule has 0 aromatic heterocycles. The number of nitrogens with zero attached hydrogens (tertiary/aromatic N) is 1. The molecule has 0 spiro atoms. The number of ether oxygens (including phenoxy) is 1. The fourth-order valence-corrected chi connectivity index (χ4v) is 2.40. The van der Waals surface area contributed by atoms with Crippen molar-refractivity contribution in [1.29, 1.82) is 0 Å². The van der Waals surface area contributed by atoms with Crippen molar-refractivity contribution in [2.75, 3.05) is 17.7 Å². The van der Waals surface area contributed by atoms with E-state index in [1.807, 2.05) is 13.0 Å². The third kappa shape index (κ3) is 4.92. The highest BCUT2D eigenvalue weighted by Crippen LogP contribution is 2.32. The first-order valence-corrected chi connectivity index (χ1v) is 8.09. The van der Waals surface area contributed by atoms with Crippen molar-refractivity contribution >= 4 is 23.0 Å². The number of methoxy groups -OCH3 is 1. The Kier molecular flexibility index (Phi) is 6.48. The summed E-state index contributed by atoms with van der Waals surface area (Å²) in [5.41, 5.74) is 1.22. The molecule has 0 heterocycles. The van der Waals surface area contributed by atoms with Crippen molar-refractivity contribution in [3.63, 3.8) is 0 Å². The maximum atomic E-state index is 13.7. The van der Waals surface area contributed by atoms with E-state index < -0.39 is 10.7 Å². The molecule has 0 bridgehead atoms. The smallest absolute Gasteiger partial charge is 0.295 e. The topological polar surface area (TPSA) is 93.5 Å². The van der Waals surface area contributed by atoms with E-state index >= 15 is 0 Å². The second kappa shape index (κ2) is 8.80. The van der Waals surface area contributed by atoms with Crippen molar-refractivity contribution in [2.24, 2.45) is 0 Å². The van der Waals surface area contributed by atoms with Crippen LogP contribution in [0.15, 0.2) is 36.4 Å². The molecule has 26 heavy (non-hydrogen) atoms. The van der Waals surface area contributed by atoms with Crippen molar-refractivity contribution in [2.45, 2.75) is 26.3 Å². The fourth-order valence-electron chi connectivity index (χ4n) is 2.40. The van der Waals surface area contributed by atoms with E-state index in [9.17, 15) is 19.3 Å². The Morgan fingerprint density at radius 3 is 2.73 bits per heavy atom. The Balaban J connectivity index is 2.16. The minimum Gasteiger partial charge on any atom is -0.494 e. The number of nitro benzene ring substituents is 1. The number of nitrogens with one attached hydrogen (secondary N) is 2. The number of carbonyl (C=O) groups excluding carboxylic acids is 1. The van der Waals surface area contributed by atoms with E-state index in [0.29, 0.717) is 12.1 Å². The number of benzene rings is 2. The van der Waals surface area contributed by atoms with Crippen LogP contribution in [0.5, 0.6) is 5.75 Å². The van der Waals surface area contributed by atoms with Crippen LogP contribution in [0.3, 0.4) is 0 Å². The van der Waals surface area contributed by atoms with Crippen LogP contribution in [-0.4, -0.2) is 17.9 Å². The van der Waals surface area contributed by atoms with Crippen LogP contribution < -0.4 is 15.4 Å². The summed E-state index contributed by atoms with van der Waals surface area (Å²) in [5, 5.41) is 16.8. The van der Waals surface area contributed by atoms with Gasteiger partial charge in [-0.15, -0.1) is 0 Å². The molecule has 1 amide bonds. The number of rotatable bonds is 8. The van der Waals surface area contributed by atoms with Gasteiger partial charge < -0.3 is 15.4 Å². The van der Waals surface area contributed by atoms with Crippen LogP contribution in [-0.2, 0) is 11.3 Å². The molecule has 138 valence electrons. The monoisotopic (exact) mass is 361 g/mol. The quantitative estimate of drug-likeness (QED) is 0.545. The van der Waals surface area contributed by atoms with Gasteiger partial charge in [0.1, 0.15) is 5.69 Å². The summed E-state index contributed by atoms with van der Waals surface area (Å²) >= 11 is 0. The number of carbonyl (C=O) groups is 1. The fraction of sp³-hybridized carbons (Fsp3) is 0.278. The van der Waals surface area contributed by atoms with Gasteiger partial charge in [0.2, 0.25) is 5.91 Å². The number of halogens is 1. The minimum atomic E-state index is -0.801. The highest BCUT2D eigenvalue weighted by Gasteiger charge is 2.18. The zero-order valence-corrected chi connectivity index (χ0v) is 14.5. The molecule has 0 aliphatic rings. The standard InChI is InChI=1S/C18H20FN3O4/c1-3-5-18(23)21-13-7-4-6-12(8-13)11-20-15-10-17(26-2)14(19)9-16(15)22(24)25/h4,6-10,20H,3,5,11H2,1-2H3,(H,21,23). The lowest BCUT2D eigenvalue weighted by atomic mass is 10.1. The van der Waals surface area contributed by atoms with Gasteiger partial charge in [-0.3, -0.25) is 14.9 Å². The van der Waals surface area contributed by atoms with E-state index in [2.05, 4.69) is 10.6 Å². The lowest BCUT2D eigenvalue weighted by Gasteiger charge is -2.11. The van der Waals surface area contributed by atoms with Gasteiger partial charge in [-0.05, 0) is 24.1 Å². The van der Waals surface area contributed by atoms with Crippen LogP contribution in [0, 0.1) is 15.9 Å².